The van der Waals surface area contributed by atoms with E-state index in [1.807, 2.05) is 73.8 Å². The molecule has 176 valence electrons. The zero-order valence-corrected chi connectivity index (χ0v) is 19.6. The molecule has 1 aromatic heterocycles. The third-order valence-corrected chi connectivity index (χ3v) is 5.71. The van der Waals surface area contributed by atoms with Gasteiger partial charge in [-0.25, -0.2) is 4.79 Å². The molecule has 3 aromatic carbocycles. The van der Waals surface area contributed by atoms with Crippen LogP contribution in [-0.4, -0.2) is 38.4 Å². The maximum absolute atomic E-state index is 12.8. The molecule has 0 fully saturated rings. The predicted molar refractivity (Wildman–Crippen MR) is 134 cm³/mol. The van der Waals surface area contributed by atoms with Crippen LogP contribution in [0.4, 0.5) is 10.5 Å². The molecular weight excluding hydrogens is 430 g/mol. The van der Waals surface area contributed by atoms with Gasteiger partial charge in [0.2, 0.25) is 0 Å². The zero-order valence-electron chi connectivity index (χ0n) is 19.6. The summed E-state index contributed by atoms with van der Waals surface area (Å²) in [6.07, 6.45) is 2.00. The van der Waals surface area contributed by atoms with Crippen molar-refractivity contribution in [2.75, 3.05) is 32.7 Å². The molecule has 0 radical (unpaired) electrons. The number of hydrogen-bond acceptors (Lipinski definition) is 4. The van der Waals surface area contributed by atoms with E-state index in [1.54, 1.807) is 14.2 Å². The molecule has 0 aliphatic rings. The summed E-state index contributed by atoms with van der Waals surface area (Å²) < 4.78 is 16.5. The van der Waals surface area contributed by atoms with Gasteiger partial charge in [0.25, 0.3) is 0 Å². The average molecular weight is 460 g/mol. The number of fused-ring (bicyclic) bond motifs is 1. The van der Waals surface area contributed by atoms with E-state index in [0.717, 1.165) is 22.0 Å². The van der Waals surface area contributed by atoms with Gasteiger partial charge in [0, 0.05) is 29.6 Å². The molecule has 2 amide bonds. The molecule has 7 heteroatoms. The second-order valence-corrected chi connectivity index (χ2v) is 7.72. The first-order valence-corrected chi connectivity index (χ1v) is 11.2. The Morgan fingerprint density at radius 2 is 1.71 bits per heavy atom. The van der Waals surface area contributed by atoms with Crippen LogP contribution in [0.25, 0.3) is 10.9 Å². The van der Waals surface area contributed by atoms with E-state index >= 15 is 0 Å². The molecule has 0 bridgehead atoms. The van der Waals surface area contributed by atoms with E-state index in [-0.39, 0.29) is 11.9 Å². The van der Waals surface area contributed by atoms with Crippen molar-refractivity contribution in [3.05, 3.63) is 84.1 Å². The maximum atomic E-state index is 12.8. The highest BCUT2D eigenvalue weighted by atomic mass is 16.5. The number of urea groups is 1. The van der Waals surface area contributed by atoms with Crippen molar-refractivity contribution in [3.63, 3.8) is 0 Å². The van der Waals surface area contributed by atoms with Crippen LogP contribution in [0.5, 0.6) is 17.2 Å². The van der Waals surface area contributed by atoms with Gasteiger partial charge in [0.05, 0.1) is 26.5 Å². The van der Waals surface area contributed by atoms with E-state index in [0.29, 0.717) is 36.1 Å². The van der Waals surface area contributed by atoms with Gasteiger partial charge in [-0.2, -0.15) is 0 Å². The molecule has 7 nitrogen and oxygen atoms in total. The number of carbonyl (C=O) groups is 1. The molecule has 0 aliphatic heterocycles. The Bertz CT molecular complexity index is 1270. The van der Waals surface area contributed by atoms with E-state index in [2.05, 4.69) is 21.7 Å². The molecule has 1 atom stereocenters. The quantitative estimate of drug-likeness (QED) is 0.307. The first kappa shape index (κ1) is 23.0. The number of methoxy groups -OCH3 is 2. The summed E-state index contributed by atoms with van der Waals surface area (Å²) in [6, 6.07) is 21.0. The Morgan fingerprint density at radius 3 is 2.50 bits per heavy atom. The van der Waals surface area contributed by atoms with Crippen molar-refractivity contribution in [1.82, 2.24) is 10.3 Å². The van der Waals surface area contributed by atoms with Gasteiger partial charge in [0.1, 0.15) is 5.75 Å². The number of carbonyl (C=O) groups excluding carboxylic acids is 1. The van der Waals surface area contributed by atoms with Crippen LogP contribution in [0.2, 0.25) is 0 Å². The topological polar surface area (TPSA) is 84.6 Å². The van der Waals surface area contributed by atoms with Gasteiger partial charge in [-0.05, 0) is 48.4 Å². The lowest BCUT2D eigenvalue weighted by atomic mass is 9.90. The van der Waals surface area contributed by atoms with Crippen LogP contribution in [-0.2, 0) is 0 Å². The lowest BCUT2D eigenvalue weighted by Gasteiger charge is -2.20. The van der Waals surface area contributed by atoms with Gasteiger partial charge in [-0.15, -0.1) is 0 Å². The number of aromatic amines is 1. The monoisotopic (exact) mass is 459 g/mol. The summed E-state index contributed by atoms with van der Waals surface area (Å²) in [5.74, 6) is 1.80. The minimum Gasteiger partial charge on any atom is -0.493 e. The second kappa shape index (κ2) is 10.7. The Balaban J connectivity index is 1.61. The smallest absolute Gasteiger partial charge is 0.319 e. The van der Waals surface area contributed by atoms with E-state index in [1.165, 1.54) is 0 Å². The molecule has 34 heavy (non-hydrogen) atoms. The number of benzene rings is 3. The molecule has 0 saturated heterocycles. The maximum Gasteiger partial charge on any atom is 0.319 e. The second-order valence-electron chi connectivity index (χ2n) is 7.72. The van der Waals surface area contributed by atoms with Gasteiger partial charge in [-0.3, -0.25) is 0 Å². The Hall–Kier alpha value is -4.13. The van der Waals surface area contributed by atoms with Crippen LogP contribution in [0, 0.1) is 0 Å². The van der Waals surface area contributed by atoms with Gasteiger partial charge in [0.15, 0.2) is 11.5 Å². The Labute approximate surface area is 199 Å². The number of para-hydroxylation sites is 3. The van der Waals surface area contributed by atoms with E-state index in [9.17, 15) is 4.79 Å². The molecule has 3 N–H and O–H groups in total. The summed E-state index contributed by atoms with van der Waals surface area (Å²) >= 11 is 0. The predicted octanol–water partition coefficient (Wildman–Crippen LogP) is 5.54. The van der Waals surface area contributed by atoms with Crippen molar-refractivity contribution in [2.24, 2.45) is 0 Å². The minimum atomic E-state index is -0.308. The number of rotatable bonds is 9. The summed E-state index contributed by atoms with van der Waals surface area (Å²) in [5.41, 5.74) is 3.74. The summed E-state index contributed by atoms with van der Waals surface area (Å²) in [5, 5.41) is 7.03. The summed E-state index contributed by atoms with van der Waals surface area (Å²) in [6.45, 7) is 2.80. The normalized spacial score (nSPS) is 11.6. The van der Waals surface area contributed by atoms with Crippen molar-refractivity contribution in [1.29, 1.82) is 0 Å². The molecule has 4 rings (SSSR count). The molecule has 0 aliphatic carbocycles. The molecule has 0 spiro atoms. The minimum absolute atomic E-state index is 0.121. The average Bonchev–Trinajstić information content (AvgIpc) is 3.29. The highest BCUT2D eigenvalue weighted by molar-refractivity contribution is 5.91. The number of hydrogen-bond donors (Lipinski definition) is 3. The fourth-order valence-corrected chi connectivity index (χ4v) is 4.07. The standard InChI is InChI=1S/C27H29N3O4/c1-4-34-24-12-8-7-11-23(24)30-27(31)29-16-20(18-13-14-25(32-2)26(15-18)33-3)21-17-28-22-10-6-5-9-19(21)22/h5-15,17,20,28H,4,16H2,1-3H3,(H2,29,30,31)/t20-/m0/s1. The van der Waals surface area contributed by atoms with Crippen LogP contribution >= 0.6 is 0 Å². The highest BCUT2D eigenvalue weighted by Crippen LogP contribution is 2.35. The SMILES string of the molecule is CCOc1ccccc1NC(=O)NC[C@@H](c1ccc(OC)c(OC)c1)c1c[nH]c2ccccc12. The van der Waals surface area contributed by atoms with Crippen molar-refractivity contribution in [2.45, 2.75) is 12.8 Å². The van der Waals surface area contributed by atoms with Crippen LogP contribution in [0.15, 0.2) is 72.9 Å². The van der Waals surface area contributed by atoms with Crippen molar-refractivity contribution in [3.8, 4) is 17.2 Å². The van der Waals surface area contributed by atoms with Crippen molar-refractivity contribution < 1.29 is 19.0 Å². The van der Waals surface area contributed by atoms with E-state index < -0.39 is 0 Å². The largest absolute Gasteiger partial charge is 0.493 e. The number of ether oxygens (including phenoxy) is 3. The molecule has 0 unspecified atom stereocenters. The highest BCUT2D eigenvalue weighted by Gasteiger charge is 2.21. The fourth-order valence-electron chi connectivity index (χ4n) is 4.07. The lowest BCUT2D eigenvalue weighted by Crippen LogP contribution is -2.32. The van der Waals surface area contributed by atoms with E-state index in [4.69, 9.17) is 14.2 Å². The number of nitrogens with one attached hydrogen (secondary N) is 3. The van der Waals surface area contributed by atoms with Crippen molar-refractivity contribution >= 4 is 22.6 Å². The summed E-state index contributed by atoms with van der Waals surface area (Å²) in [7, 11) is 3.23. The zero-order chi connectivity index (χ0) is 23.9. The lowest BCUT2D eigenvalue weighted by molar-refractivity contribution is 0.251. The number of anilines is 1. The van der Waals surface area contributed by atoms with Gasteiger partial charge < -0.3 is 29.8 Å². The van der Waals surface area contributed by atoms with Gasteiger partial charge in [-0.1, -0.05) is 36.4 Å². The van der Waals surface area contributed by atoms with Gasteiger partial charge >= 0.3 is 6.03 Å². The molecule has 1 heterocycles. The molecule has 4 aromatic rings. The first-order chi connectivity index (χ1) is 16.6. The van der Waals surface area contributed by atoms with Crippen LogP contribution in [0.3, 0.4) is 0 Å². The molecule has 0 saturated carbocycles. The number of amides is 2. The third kappa shape index (κ3) is 4.93. The Morgan fingerprint density at radius 1 is 0.941 bits per heavy atom. The number of H-pyrrole nitrogens is 1. The molecular formula is C27H29N3O4. The third-order valence-electron chi connectivity index (χ3n) is 5.71. The summed E-state index contributed by atoms with van der Waals surface area (Å²) in [4.78, 5) is 16.2. The Kier molecular flexibility index (Phi) is 7.22. The number of aromatic nitrogens is 1. The fraction of sp³-hybridized carbons (Fsp3) is 0.222. The van der Waals surface area contributed by atoms with Crippen LogP contribution < -0.4 is 24.8 Å². The first-order valence-electron chi connectivity index (χ1n) is 11.2. The van der Waals surface area contributed by atoms with Crippen LogP contribution in [0.1, 0.15) is 24.0 Å².